The standard InChI is InChI=1S/C34H47N3O4S/c1-34(2,3)41-33(40)28-16-14-27(15-17-28)31(38)36-30(24-42-23-26-12-8-5-9-13-26)32(39)35-29-18-20-37(21-19-29)22-25-10-6-4-7-11-25/h4,6-7,10-11,14-17,26,29-30H,5,8-9,12-13,18-24H2,1-3H3,(H,35,39)(H,36,38). The van der Waals surface area contributed by atoms with Crippen molar-refractivity contribution in [1.82, 2.24) is 15.5 Å². The van der Waals surface area contributed by atoms with Gasteiger partial charge in [-0.2, -0.15) is 11.8 Å². The average Bonchev–Trinajstić information content (AvgIpc) is 2.98. The third-order valence-corrected chi connectivity index (χ3v) is 9.23. The van der Waals surface area contributed by atoms with Crippen LogP contribution in [0.1, 0.15) is 92.0 Å². The molecule has 1 heterocycles. The van der Waals surface area contributed by atoms with E-state index in [-0.39, 0.29) is 17.9 Å². The third-order valence-electron chi connectivity index (χ3n) is 7.95. The molecule has 1 aliphatic carbocycles. The Morgan fingerprint density at radius 3 is 2.19 bits per heavy atom. The number of hydrogen-bond acceptors (Lipinski definition) is 6. The van der Waals surface area contributed by atoms with E-state index in [1.165, 1.54) is 37.7 Å². The van der Waals surface area contributed by atoms with Crippen LogP contribution < -0.4 is 10.6 Å². The molecule has 1 atom stereocenters. The van der Waals surface area contributed by atoms with Crippen molar-refractivity contribution in [3.05, 3.63) is 71.3 Å². The highest BCUT2D eigenvalue weighted by atomic mass is 32.2. The summed E-state index contributed by atoms with van der Waals surface area (Å²) in [7, 11) is 0. The molecule has 42 heavy (non-hydrogen) atoms. The summed E-state index contributed by atoms with van der Waals surface area (Å²) in [6.07, 6.45) is 8.17. The Morgan fingerprint density at radius 1 is 0.905 bits per heavy atom. The van der Waals surface area contributed by atoms with Gasteiger partial charge in [-0.05, 0) is 88.0 Å². The fraction of sp³-hybridized carbons (Fsp3) is 0.559. The maximum Gasteiger partial charge on any atom is 0.338 e. The van der Waals surface area contributed by atoms with E-state index in [0.717, 1.165) is 38.2 Å². The van der Waals surface area contributed by atoms with Gasteiger partial charge in [0.2, 0.25) is 5.91 Å². The molecule has 7 nitrogen and oxygen atoms in total. The molecule has 1 saturated heterocycles. The molecule has 1 saturated carbocycles. The van der Waals surface area contributed by atoms with E-state index in [4.69, 9.17) is 4.74 Å². The van der Waals surface area contributed by atoms with Crippen molar-refractivity contribution >= 4 is 29.5 Å². The van der Waals surface area contributed by atoms with Gasteiger partial charge in [-0.15, -0.1) is 0 Å². The van der Waals surface area contributed by atoms with Crippen molar-refractivity contribution in [3.8, 4) is 0 Å². The highest BCUT2D eigenvalue weighted by molar-refractivity contribution is 7.99. The lowest BCUT2D eigenvalue weighted by Gasteiger charge is -2.33. The second-order valence-electron chi connectivity index (χ2n) is 12.7. The first kappa shape index (κ1) is 32.1. The number of amides is 2. The van der Waals surface area contributed by atoms with E-state index in [2.05, 4.69) is 39.8 Å². The fourth-order valence-corrected chi connectivity index (χ4v) is 6.88. The largest absolute Gasteiger partial charge is 0.456 e. The van der Waals surface area contributed by atoms with Crippen molar-refractivity contribution in [2.24, 2.45) is 5.92 Å². The number of thioether (sulfide) groups is 1. The molecule has 2 aromatic carbocycles. The van der Waals surface area contributed by atoms with Gasteiger partial charge in [-0.25, -0.2) is 4.79 Å². The van der Waals surface area contributed by atoms with Gasteiger partial charge in [0.15, 0.2) is 0 Å². The summed E-state index contributed by atoms with van der Waals surface area (Å²) in [5, 5.41) is 6.23. The first-order chi connectivity index (χ1) is 20.2. The molecule has 1 unspecified atom stereocenters. The topological polar surface area (TPSA) is 87.7 Å². The van der Waals surface area contributed by atoms with E-state index in [0.29, 0.717) is 22.8 Å². The van der Waals surface area contributed by atoms with E-state index in [9.17, 15) is 14.4 Å². The average molecular weight is 594 g/mol. The van der Waals surface area contributed by atoms with Gasteiger partial charge in [0.05, 0.1) is 5.56 Å². The highest BCUT2D eigenvalue weighted by Gasteiger charge is 2.27. The molecule has 2 aliphatic rings. The smallest absolute Gasteiger partial charge is 0.338 e. The van der Waals surface area contributed by atoms with Crippen LogP contribution >= 0.6 is 11.8 Å². The minimum absolute atomic E-state index is 0.0976. The molecule has 0 bridgehead atoms. The van der Waals surface area contributed by atoms with E-state index in [1.54, 1.807) is 36.0 Å². The minimum atomic E-state index is -0.626. The predicted molar refractivity (Wildman–Crippen MR) is 170 cm³/mol. The van der Waals surface area contributed by atoms with Gasteiger partial charge in [0.25, 0.3) is 5.91 Å². The number of esters is 1. The van der Waals surface area contributed by atoms with Gasteiger partial charge in [-0.1, -0.05) is 49.6 Å². The predicted octanol–water partition coefficient (Wildman–Crippen LogP) is 5.83. The molecule has 228 valence electrons. The van der Waals surface area contributed by atoms with Crippen LogP contribution in [-0.2, 0) is 16.1 Å². The van der Waals surface area contributed by atoms with E-state index < -0.39 is 17.6 Å². The summed E-state index contributed by atoms with van der Waals surface area (Å²) < 4.78 is 5.42. The Morgan fingerprint density at radius 2 is 1.55 bits per heavy atom. The maximum absolute atomic E-state index is 13.5. The Labute approximate surface area is 255 Å². The molecule has 1 aliphatic heterocycles. The van der Waals surface area contributed by atoms with Crippen LogP contribution in [0, 0.1) is 5.92 Å². The molecule has 0 radical (unpaired) electrons. The van der Waals surface area contributed by atoms with Gasteiger partial charge in [-0.3, -0.25) is 14.5 Å². The number of rotatable bonds is 11. The van der Waals surface area contributed by atoms with Crippen molar-refractivity contribution in [2.45, 2.75) is 89.9 Å². The van der Waals surface area contributed by atoms with Crippen LogP contribution in [0.25, 0.3) is 0 Å². The summed E-state index contributed by atoms with van der Waals surface area (Å²) in [4.78, 5) is 41.5. The zero-order chi connectivity index (χ0) is 30.0. The number of hydrogen-bond donors (Lipinski definition) is 2. The number of carbonyl (C=O) groups excluding carboxylic acids is 3. The molecule has 2 N–H and O–H groups in total. The summed E-state index contributed by atoms with van der Waals surface area (Å²) in [6, 6.07) is 16.4. The zero-order valence-electron chi connectivity index (χ0n) is 25.4. The number of nitrogens with one attached hydrogen (secondary N) is 2. The van der Waals surface area contributed by atoms with Crippen LogP contribution in [0.3, 0.4) is 0 Å². The molecule has 2 fully saturated rings. The van der Waals surface area contributed by atoms with Gasteiger partial charge in [0.1, 0.15) is 11.6 Å². The minimum Gasteiger partial charge on any atom is -0.456 e. The first-order valence-corrected chi connectivity index (χ1v) is 16.6. The number of nitrogens with zero attached hydrogens (tertiary/aromatic N) is 1. The normalized spacial score (nSPS) is 17.8. The molecule has 4 rings (SSSR count). The van der Waals surface area contributed by atoms with Crippen molar-refractivity contribution in [1.29, 1.82) is 0 Å². The molecule has 0 spiro atoms. The number of piperidine rings is 1. The molecular weight excluding hydrogens is 546 g/mol. The summed E-state index contributed by atoms with van der Waals surface area (Å²) in [5.74, 6) is 1.38. The lowest BCUT2D eigenvalue weighted by molar-refractivity contribution is -0.123. The van der Waals surface area contributed by atoms with E-state index in [1.807, 2.05) is 26.8 Å². The molecule has 8 heteroatoms. The van der Waals surface area contributed by atoms with Crippen molar-refractivity contribution in [3.63, 3.8) is 0 Å². The molecule has 2 amide bonds. The molecular formula is C34H47N3O4S. The highest BCUT2D eigenvalue weighted by Crippen LogP contribution is 2.27. The monoisotopic (exact) mass is 593 g/mol. The number of carbonyl (C=O) groups is 3. The quantitative estimate of drug-likeness (QED) is 0.319. The Kier molecular flexibility index (Phi) is 11.9. The van der Waals surface area contributed by atoms with Crippen LogP contribution in [0.15, 0.2) is 54.6 Å². The first-order valence-electron chi connectivity index (χ1n) is 15.4. The summed E-state index contributed by atoms with van der Waals surface area (Å²) in [5.41, 5.74) is 1.50. The van der Waals surface area contributed by atoms with Gasteiger partial charge < -0.3 is 15.4 Å². The Balaban J connectivity index is 1.33. The third kappa shape index (κ3) is 10.5. The van der Waals surface area contributed by atoms with Crippen molar-refractivity contribution < 1.29 is 19.1 Å². The molecule has 2 aromatic rings. The lowest BCUT2D eigenvalue weighted by Crippen LogP contribution is -2.53. The van der Waals surface area contributed by atoms with Crippen LogP contribution in [0.5, 0.6) is 0 Å². The van der Waals surface area contributed by atoms with Gasteiger partial charge in [0, 0.05) is 37.0 Å². The zero-order valence-corrected chi connectivity index (χ0v) is 26.2. The van der Waals surface area contributed by atoms with Gasteiger partial charge >= 0.3 is 5.97 Å². The summed E-state index contributed by atoms with van der Waals surface area (Å²) in [6.45, 7) is 8.23. The lowest BCUT2D eigenvalue weighted by atomic mass is 9.91. The number of benzene rings is 2. The van der Waals surface area contributed by atoms with Crippen LogP contribution in [0.4, 0.5) is 0 Å². The maximum atomic E-state index is 13.5. The summed E-state index contributed by atoms with van der Waals surface area (Å²) >= 11 is 1.76. The fourth-order valence-electron chi connectivity index (χ4n) is 5.60. The van der Waals surface area contributed by atoms with Crippen molar-refractivity contribution in [2.75, 3.05) is 24.6 Å². The van der Waals surface area contributed by atoms with Crippen LogP contribution in [-0.4, -0.2) is 65.0 Å². The molecule has 0 aromatic heterocycles. The SMILES string of the molecule is CC(C)(C)OC(=O)c1ccc(C(=O)NC(CSCC2CCCCC2)C(=O)NC2CCN(Cc3ccccc3)CC2)cc1. The number of ether oxygens (including phenoxy) is 1. The van der Waals surface area contributed by atoms with E-state index >= 15 is 0 Å². The Hall–Kier alpha value is -2.84. The second kappa shape index (κ2) is 15.6. The number of likely N-dealkylation sites (tertiary alicyclic amines) is 1. The second-order valence-corrected chi connectivity index (χ2v) is 13.8. The Bertz CT molecular complexity index is 1150. The van der Waals surface area contributed by atoms with Crippen LogP contribution in [0.2, 0.25) is 0 Å².